The van der Waals surface area contributed by atoms with Gasteiger partial charge in [0.25, 0.3) is 5.91 Å². The van der Waals surface area contributed by atoms with Crippen LogP contribution in [0.1, 0.15) is 66.2 Å². The summed E-state index contributed by atoms with van der Waals surface area (Å²) in [6, 6.07) is 12.2. The first-order valence-electron chi connectivity index (χ1n) is 12.0. The number of aromatic nitrogens is 2. The van der Waals surface area contributed by atoms with Gasteiger partial charge in [-0.3, -0.25) is 9.59 Å². The van der Waals surface area contributed by atoms with Gasteiger partial charge < -0.3 is 14.2 Å². The second kappa shape index (κ2) is 8.32. The molecule has 0 spiro atoms. The van der Waals surface area contributed by atoms with Crippen LogP contribution in [0.5, 0.6) is 0 Å². The number of hydrogen-bond acceptors (Lipinski definition) is 3. The Hall–Kier alpha value is -3.15. The molecule has 4 heterocycles. The van der Waals surface area contributed by atoms with Gasteiger partial charge >= 0.3 is 0 Å². The molecule has 0 bridgehead atoms. The van der Waals surface area contributed by atoms with Gasteiger partial charge in [-0.25, -0.2) is 4.98 Å². The Balaban J connectivity index is 1.48. The quantitative estimate of drug-likeness (QED) is 0.597. The van der Waals surface area contributed by atoms with E-state index in [9.17, 15) is 9.59 Å². The van der Waals surface area contributed by atoms with Crippen molar-refractivity contribution in [3.8, 4) is 0 Å². The number of hydrogen-bond donors (Lipinski definition) is 0. The van der Waals surface area contributed by atoms with E-state index in [1.807, 2.05) is 52.9 Å². The Kier molecular flexibility index (Phi) is 5.47. The minimum Gasteiger partial charge on any atom is -0.332 e. The van der Waals surface area contributed by atoms with Gasteiger partial charge in [0.15, 0.2) is 0 Å². The highest BCUT2D eigenvalue weighted by atomic mass is 16.2. The first-order chi connectivity index (χ1) is 15.9. The number of likely N-dealkylation sites (tertiary alicyclic amines) is 2. The van der Waals surface area contributed by atoms with Gasteiger partial charge in [-0.2, -0.15) is 0 Å². The lowest BCUT2D eigenvalue weighted by molar-refractivity contribution is -0.140. The molecule has 6 heteroatoms. The molecule has 2 aromatic heterocycles. The van der Waals surface area contributed by atoms with Gasteiger partial charge in [-0.1, -0.05) is 36.8 Å². The average Bonchev–Trinajstić information content (AvgIpc) is 3.37. The number of carbonyl (C=O) groups excluding carboxylic acids is 2. The van der Waals surface area contributed by atoms with Crippen molar-refractivity contribution < 1.29 is 9.59 Å². The molecule has 1 aromatic carbocycles. The lowest BCUT2D eigenvalue weighted by Gasteiger charge is -2.45. The van der Waals surface area contributed by atoms with E-state index in [0.29, 0.717) is 25.2 Å². The minimum atomic E-state index is -0.384. The van der Waals surface area contributed by atoms with Crippen LogP contribution < -0.4 is 0 Å². The maximum absolute atomic E-state index is 13.7. The summed E-state index contributed by atoms with van der Waals surface area (Å²) < 4.78 is 1.92. The number of carbonyl (C=O) groups is 2. The highest BCUT2D eigenvalue weighted by Gasteiger charge is 2.51. The first kappa shape index (κ1) is 21.7. The third kappa shape index (κ3) is 3.71. The van der Waals surface area contributed by atoms with Gasteiger partial charge in [0.05, 0.1) is 11.6 Å². The van der Waals surface area contributed by atoms with Crippen molar-refractivity contribution in [2.24, 2.45) is 0 Å². The molecule has 6 nitrogen and oxygen atoms in total. The van der Waals surface area contributed by atoms with Gasteiger partial charge in [0.2, 0.25) is 5.91 Å². The molecule has 2 fully saturated rings. The molecule has 33 heavy (non-hydrogen) atoms. The smallest absolute Gasteiger partial charge is 0.274 e. The molecule has 3 aromatic rings. The maximum Gasteiger partial charge on any atom is 0.274 e. The lowest BCUT2D eigenvalue weighted by atomic mass is 9.84. The van der Waals surface area contributed by atoms with Crippen molar-refractivity contribution in [2.45, 2.75) is 71.0 Å². The Labute approximate surface area is 195 Å². The Morgan fingerprint density at radius 2 is 1.91 bits per heavy atom. The van der Waals surface area contributed by atoms with Gasteiger partial charge in [0, 0.05) is 31.9 Å². The van der Waals surface area contributed by atoms with E-state index in [1.54, 1.807) is 0 Å². The van der Waals surface area contributed by atoms with E-state index in [1.165, 1.54) is 11.1 Å². The molecule has 0 saturated carbocycles. The lowest BCUT2D eigenvalue weighted by Crippen LogP contribution is -2.58. The number of aryl methyl sites for hydroxylation is 2. The zero-order valence-corrected chi connectivity index (χ0v) is 19.8. The standard InChI is InChI=1S/C27H32N4O2/c1-19-9-4-5-11-21(19)17-31-24(32)13-7-6-12-23-27(31,3)14-16-30(23)26(33)22-18-29-15-8-10-20(2)25(29)28-22/h4-5,8-11,15,18,23H,6-7,12-14,16-17H2,1-3H3/t23-,27-/m1/s1. The molecule has 0 aliphatic carbocycles. The molecule has 2 aliphatic heterocycles. The fourth-order valence-electron chi connectivity index (χ4n) is 5.69. The molecule has 172 valence electrons. The first-order valence-corrected chi connectivity index (χ1v) is 12.0. The Morgan fingerprint density at radius 1 is 1.12 bits per heavy atom. The van der Waals surface area contributed by atoms with Gasteiger partial charge in [0.1, 0.15) is 11.3 Å². The zero-order valence-electron chi connectivity index (χ0n) is 19.8. The molecular formula is C27H32N4O2. The van der Waals surface area contributed by atoms with Crippen molar-refractivity contribution in [3.63, 3.8) is 0 Å². The largest absolute Gasteiger partial charge is 0.332 e. The molecule has 5 rings (SSSR count). The highest BCUT2D eigenvalue weighted by Crippen LogP contribution is 2.40. The van der Waals surface area contributed by atoms with E-state index in [0.717, 1.165) is 36.9 Å². The van der Waals surface area contributed by atoms with E-state index in [4.69, 9.17) is 0 Å². The summed E-state index contributed by atoms with van der Waals surface area (Å²) in [7, 11) is 0. The van der Waals surface area contributed by atoms with Crippen LogP contribution in [0, 0.1) is 13.8 Å². The number of imidazole rings is 1. The Morgan fingerprint density at radius 3 is 2.70 bits per heavy atom. The van der Waals surface area contributed by atoms with E-state index < -0.39 is 0 Å². The zero-order chi connectivity index (χ0) is 23.2. The fraction of sp³-hybridized carbons (Fsp3) is 0.444. The van der Waals surface area contributed by atoms with Crippen LogP contribution in [0.25, 0.3) is 5.65 Å². The Bertz CT molecular complexity index is 1220. The molecule has 2 atom stereocenters. The average molecular weight is 445 g/mol. The van der Waals surface area contributed by atoms with Crippen LogP contribution in [0.2, 0.25) is 0 Å². The SMILES string of the molecule is Cc1ccccc1CN1C(=O)CCCC[C@H]2N(C(=O)c3cn4cccc(C)c4n3)CC[C@]21C. The van der Waals surface area contributed by atoms with Crippen LogP contribution in [-0.2, 0) is 11.3 Å². The normalized spacial score (nSPS) is 23.5. The molecule has 2 amide bonds. The second-order valence-electron chi connectivity index (χ2n) is 9.82. The molecular weight excluding hydrogens is 412 g/mol. The number of benzene rings is 1. The third-order valence-electron chi connectivity index (χ3n) is 7.74. The summed E-state index contributed by atoms with van der Waals surface area (Å²) in [4.78, 5) is 35.7. The van der Waals surface area contributed by atoms with E-state index in [2.05, 4.69) is 35.9 Å². The molecule has 0 N–H and O–H groups in total. The van der Waals surface area contributed by atoms with Crippen molar-refractivity contribution in [3.05, 3.63) is 71.2 Å². The van der Waals surface area contributed by atoms with Crippen molar-refractivity contribution in [1.29, 1.82) is 0 Å². The monoisotopic (exact) mass is 444 g/mol. The van der Waals surface area contributed by atoms with Crippen molar-refractivity contribution in [2.75, 3.05) is 6.54 Å². The summed E-state index contributed by atoms with van der Waals surface area (Å²) in [5.74, 6) is 0.166. The van der Waals surface area contributed by atoms with E-state index in [-0.39, 0.29) is 23.4 Å². The highest BCUT2D eigenvalue weighted by molar-refractivity contribution is 5.93. The van der Waals surface area contributed by atoms with Crippen LogP contribution >= 0.6 is 0 Å². The molecule has 0 unspecified atom stereocenters. The fourth-order valence-corrected chi connectivity index (χ4v) is 5.69. The number of fused-ring (bicyclic) bond motifs is 2. The maximum atomic E-state index is 13.7. The molecule has 0 radical (unpaired) electrons. The van der Waals surface area contributed by atoms with Gasteiger partial charge in [-0.15, -0.1) is 0 Å². The predicted molar refractivity (Wildman–Crippen MR) is 128 cm³/mol. The molecule has 2 saturated heterocycles. The number of amides is 2. The van der Waals surface area contributed by atoms with E-state index >= 15 is 0 Å². The van der Waals surface area contributed by atoms with Crippen LogP contribution in [0.15, 0.2) is 48.8 Å². The summed E-state index contributed by atoms with van der Waals surface area (Å²) in [5.41, 5.74) is 4.32. The molecule has 2 aliphatic rings. The second-order valence-corrected chi connectivity index (χ2v) is 9.82. The number of rotatable bonds is 3. The van der Waals surface area contributed by atoms with Crippen LogP contribution in [0.3, 0.4) is 0 Å². The third-order valence-corrected chi connectivity index (χ3v) is 7.74. The van der Waals surface area contributed by atoms with Crippen LogP contribution in [-0.4, -0.2) is 49.1 Å². The minimum absolute atomic E-state index is 0.0100. The summed E-state index contributed by atoms with van der Waals surface area (Å²) >= 11 is 0. The number of pyridine rings is 1. The van der Waals surface area contributed by atoms with Crippen molar-refractivity contribution in [1.82, 2.24) is 19.2 Å². The number of nitrogens with zero attached hydrogens (tertiary/aromatic N) is 4. The topological polar surface area (TPSA) is 57.9 Å². The summed E-state index contributed by atoms with van der Waals surface area (Å²) in [5, 5.41) is 0. The van der Waals surface area contributed by atoms with Crippen LogP contribution in [0.4, 0.5) is 0 Å². The summed E-state index contributed by atoms with van der Waals surface area (Å²) in [6.07, 6.45) is 7.86. The summed E-state index contributed by atoms with van der Waals surface area (Å²) in [6.45, 7) is 7.52. The van der Waals surface area contributed by atoms with Crippen molar-refractivity contribution >= 4 is 17.5 Å². The predicted octanol–water partition coefficient (Wildman–Crippen LogP) is 4.53. The van der Waals surface area contributed by atoms with Gasteiger partial charge in [-0.05, 0) is 62.8 Å².